The Balaban J connectivity index is 2.27. The highest BCUT2D eigenvalue weighted by Gasteiger charge is 2.10. The van der Waals surface area contributed by atoms with Gasteiger partial charge in [-0.15, -0.1) is 0 Å². The number of nitrogens with zero attached hydrogens (tertiary/aromatic N) is 1. The fourth-order valence-corrected chi connectivity index (χ4v) is 1.63. The maximum Gasteiger partial charge on any atom is 0.209 e. The van der Waals surface area contributed by atoms with Crippen molar-refractivity contribution in [3.05, 3.63) is 58.9 Å². The number of aryl methyl sites for hydroxylation is 1. The molecule has 0 aliphatic rings. The van der Waals surface area contributed by atoms with Crippen LogP contribution in [0.15, 0.2) is 36.4 Å². The standard InChI is InChI=1S/C14H12N2O/c1-2-12-7-8-13(16-12)14(17)11-5-3-10(9-15)4-6-11/h3-8,16H,2H2,1H3. The highest BCUT2D eigenvalue weighted by Crippen LogP contribution is 2.11. The number of H-pyrrole nitrogens is 1. The molecule has 1 heterocycles. The monoisotopic (exact) mass is 224 g/mol. The lowest BCUT2D eigenvalue weighted by atomic mass is 10.1. The smallest absolute Gasteiger partial charge is 0.209 e. The molecule has 0 amide bonds. The Morgan fingerprint density at radius 3 is 2.47 bits per heavy atom. The number of carbonyl (C=O) groups is 1. The van der Waals surface area contributed by atoms with Gasteiger partial charge in [0.2, 0.25) is 5.78 Å². The Kier molecular flexibility index (Phi) is 3.06. The lowest BCUT2D eigenvalue weighted by Gasteiger charge is -1.98. The predicted molar refractivity (Wildman–Crippen MR) is 64.8 cm³/mol. The molecule has 0 unspecified atom stereocenters. The quantitative estimate of drug-likeness (QED) is 0.815. The maximum atomic E-state index is 12.1. The van der Waals surface area contributed by atoms with Crippen LogP contribution in [0.1, 0.15) is 34.2 Å². The summed E-state index contributed by atoms with van der Waals surface area (Å²) in [5, 5.41) is 8.68. The van der Waals surface area contributed by atoms with E-state index >= 15 is 0 Å². The minimum Gasteiger partial charge on any atom is -0.356 e. The molecule has 1 N–H and O–H groups in total. The Labute approximate surface area is 99.7 Å². The van der Waals surface area contributed by atoms with E-state index in [4.69, 9.17) is 5.26 Å². The number of hydrogen-bond donors (Lipinski definition) is 1. The van der Waals surface area contributed by atoms with Crippen molar-refractivity contribution in [2.75, 3.05) is 0 Å². The average Bonchev–Trinajstić information content (AvgIpc) is 2.87. The average molecular weight is 224 g/mol. The Morgan fingerprint density at radius 2 is 1.94 bits per heavy atom. The SMILES string of the molecule is CCc1ccc(C(=O)c2ccc(C#N)cc2)[nH]1. The Hall–Kier alpha value is -2.34. The van der Waals surface area contributed by atoms with Gasteiger partial charge in [-0.05, 0) is 42.8 Å². The van der Waals surface area contributed by atoms with Gasteiger partial charge in [-0.25, -0.2) is 0 Å². The van der Waals surface area contributed by atoms with Crippen molar-refractivity contribution in [3.8, 4) is 6.07 Å². The van der Waals surface area contributed by atoms with Gasteiger partial charge in [-0.3, -0.25) is 4.79 Å². The van der Waals surface area contributed by atoms with Crippen molar-refractivity contribution in [1.82, 2.24) is 4.98 Å². The van der Waals surface area contributed by atoms with Gasteiger partial charge < -0.3 is 4.98 Å². The summed E-state index contributed by atoms with van der Waals surface area (Å²) in [6.45, 7) is 2.03. The Bertz CT molecular complexity index is 573. The Morgan fingerprint density at radius 1 is 1.24 bits per heavy atom. The van der Waals surface area contributed by atoms with Crippen LogP contribution in [0.4, 0.5) is 0 Å². The predicted octanol–water partition coefficient (Wildman–Crippen LogP) is 2.68. The molecule has 2 rings (SSSR count). The summed E-state index contributed by atoms with van der Waals surface area (Å²) < 4.78 is 0. The third-order valence-corrected chi connectivity index (χ3v) is 2.65. The molecule has 0 radical (unpaired) electrons. The van der Waals surface area contributed by atoms with Crippen LogP contribution in [-0.2, 0) is 6.42 Å². The number of aromatic nitrogens is 1. The topological polar surface area (TPSA) is 56.6 Å². The second kappa shape index (κ2) is 4.67. The highest BCUT2D eigenvalue weighted by molar-refractivity contribution is 6.07. The van der Waals surface area contributed by atoms with Crippen LogP contribution in [0.5, 0.6) is 0 Å². The van der Waals surface area contributed by atoms with Crippen LogP contribution >= 0.6 is 0 Å². The molecule has 0 atom stereocenters. The third-order valence-electron chi connectivity index (χ3n) is 2.65. The molecule has 0 aliphatic carbocycles. The molecule has 0 fully saturated rings. The van der Waals surface area contributed by atoms with E-state index in [1.54, 1.807) is 30.3 Å². The molecule has 0 aliphatic heterocycles. The molecular formula is C14H12N2O. The molecule has 0 saturated heterocycles. The first-order chi connectivity index (χ1) is 8.24. The number of carbonyl (C=O) groups excluding carboxylic acids is 1. The van der Waals surface area contributed by atoms with Crippen LogP contribution in [0.3, 0.4) is 0 Å². The molecule has 84 valence electrons. The first-order valence-corrected chi connectivity index (χ1v) is 5.47. The minimum atomic E-state index is -0.0470. The molecule has 3 nitrogen and oxygen atoms in total. The summed E-state index contributed by atoms with van der Waals surface area (Å²) in [5.74, 6) is -0.0470. The summed E-state index contributed by atoms with van der Waals surface area (Å²) >= 11 is 0. The van der Waals surface area contributed by atoms with Crippen molar-refractivity contribution < 1.29 is 4.79 Å². The van der Waals surface area contributed by atoms with Gasteiger partial charge in [0.15, 0.2) is 0 Å². The van der Waals surface area contributed by atoms with E-state index in [0.717, 1.165) is 12.1 Å². The lowest BCUT2D eigenvalue weighted by molar-refractivity contribution is 0.103. The molecule has 1 aromatic carbocycles. The fourth-order valence-electron chi connectivity index (χ4n) is 1.63. The molecular weight excluding hydrogens is 212 g/mol. The highest BCUT2D eigenvalue weighted by atomic mass is 16.1. The molecule has 0 bridgehead atoms. The third kappa shape index (κ3) is 2.26. The zero-order valence-electron chi connectivity index (χ0n) is 9.53. The number of ketones is 1. The van der Waals surface area contributed by atoms with Crippen LogP contribution in [0.25, 0.3) is 0 Å². The molecule has 17 heavy (non-hydrogen) atoms. The van der Waals surface area contributed by atoms with E-state index in [0.29, 0.717) is 16.8 Å². The van der Waals surface area contributed by atoms with Gasteiger partial charge in [-0.1, -0.05) is 6.92 Å². The van der Waals surface area contributed by atoms with Crippen molar-refractivity contribution in [2.24, 2.45) is 0 Å². The second-order valence-corrected chi connectivity index (χ2v) is 3.77. The molecule has 3 heteroatoms. The summed E-state index contributed by atoms with van der Waals surface area (Å²) in [7, 11) is 0. The number of benzene rings is 1. The molecule has 0 saturated carbocycles. The zero-order valence-corrected chi connectivity index (χ0v) is 9.53. The summed E-state index contributed by atoms with van der Waals surface area (Å²) in [6.07, 6.45) is 0.876. The van der Waals surface area contributed by atoms with Crippen LogP contribution in [-0.4, -0.2) is 10.8 Å². The normalized spacial score (nSPS) is 9.88. The van der Waals surface area contributed by atoms with E-state index in [-0.39, 0.29) is 5.78 Å². The maximum absolute atomic E-state index is 12.1. The largest absolute Gasteiger partial charge is 0.356 e. The van der Waals surface area contributed by atoms with Crippen molar-refractivity contribution >= 4 is 5.78 Å². The fraction of sp³-hybridized carbons (Fsp3) is 0.143. The lowest BCUT2D eigenvalue weighted by Crippen LogP contribution is -2.01. The van der Waals surface area contributed by atoms with Gasteiger partial charge in [0.1, 0.15) is 0 Å². The summed E-state index contributed by atoms with van der Waals surface area (Å²) in [5.41, 5.74) is 2.78. The zero-order chi connectivity index (χ0) is 12.3. The van der Waals surface area contributed by atoms with E-state index in [2.05, 4.69) is 4.98 Å². The summed E-state index contributed by atoms with van der Waals surface area (Å²) in [6, 6.07) is 12.4. The van der Waals surface area contributed by atoms with Gasteiger partial charge in [0, 0.05) is 11.3 Å². The van der Waals surface area contributed by atoms with Crippen molar-refractivity contribution in [3.63, 3.8) is 0 Å². The van der Waals surface area contributed by atoms with E-state index in [1.165, 1.54) is 0 Å². The van der Waals surface area contributed by atoms with E-state index in [1.807, 2.05) is 19.1 Å². The number of hydrogen-bond acceptors (Lipinski definition) is 2. The number of nitrogens with one attached hydrogen (secondary N) is 1. The van der Waals surface area contributed by atoms with Crippen LogP contribution in [0.2, 0.25) is 0 Å². The number of rotatable bonds is 3. The molecule has 1 aromatic heterocycles. The van der Waals surface area contributed by atoms with Gasteiger partial charge >= 0.3 is 0 Å². The van der Waals surface area contributed by atoms with Crippen molar-refractivity contribution in [1.29, 1.82) is 5.26 Å². The van der Waals surface area contributed by atoms with Gasteiger partial charge in [0.25, 0.3) is 0 Å². The van der Waals surface area contributed by atoms with Crippen LogP contribution in [0, 0.1) is 11.3 Å². The van der Waals surface area contributed by atoms with Crippen molar-refractivity contribution in [2.45, 2.75) is 13.3 Å². The molecule has 2 aromatic rings. The van der Waals surface area contributed by atoms with Gasteiger partial charge in [0.05, 0.1) is 17.3 Å². The first kappa shape index (κ1) is 11.2. The van der Waals surface area contributed by atoms with Gasteiger partial charge in [-0.2, -0.15) is 5.26 Å². The summed E-state index contributed by atoms with van der Waals surface area (Å²) in [4.78, 5) is 15.1. The first-order valence-electron chi connectivity index (χ1n) is 5.47. The number of aromatic amines is 1. The van der Waals surface area contributed by atoms with Crippen LogP contribution < -0.4 is 0 Å². The number of nitriles is 1. The van der Waals surface area contributed by atoms with E-state index in [9.17, 15) is 4.79 Å². The van der Waals surface area contributed by atoms with E-state index < -0.39 is 0 Å². The second-order valence-electron chi connectivity index (χ2n) is 3.77. The minimum absolute atomic E-state index is 0.0470. The molecule has 0 spiro atoms.